The van der Waals surface area contributed by atoms with Gasteiger partial charge in [0.2, 0.25) is 0 Å². The van der Waals surface area contributed by atoms with Crippen molar-refractivity contribution in [2.24, 2.45) is 11.8 Å². The molecule has 4 atom stereocenters. The molecular formula is C23H31N5O3. The second-order valence-electron chi connectivity index (χ2n) is 9.62. The molecule has 0 radical (unpaired) electrons. The monoisotopic (exact) mass is 425 g/mol. The molecule has 0 bridgehead atoms. The van der Waals surface area contributed by atoms with Crippen LogP contribution in [0.5, 0.6) is 0 Å². The molecule has 8 nitrogen and oxygen atoms in total. The number of carbonyl (C=O) groups is 2. The lowest BCUT2D eigenvalue weighted by molar-refractivity contribution is -0.00546. The van der Waals surface area contributed by atoms with Crippen molar-refractivity contribution in [2.45, 2.75) is 64.5 Å². The number of hydrogen-bond donors (Lipinski definition) is 1. The highest BCUT2D eigenvalue weighted by Crippen LogP contribution is 2.44. The van der Waals surface area contributed by atoms with Crippen LogP contribution in [0.2, 0.25) is 0 Å². The van der Waals surface area contributed by atoms with Crippen LogP contribution < -0.4 is 0 Å². The van der Waals surface area contributed by atoms with Gasteiger partial charge in [-0.1, -0.05) is 5.21 Å². The van der Waals surface area contributed by atoms with Gasteiger partial charge in [0.25, 0.3) is 5.91 Å². The van der Waals surface area contributed by atoms with Gasteiger partial charge in [0.1, 0.15) is 0 Å². The lowest BCUT2D eigenvalue weighted by atomic mass is 9.77. The van der Waals surface area contributed by atoms with Crippen LogP contribution in [0.25, 0.3) is 0 Å². The smallest absolute Gasteiger partial charge is 0.255 e. The number of amides is 1. The fraction of sp³-hybridized carbons (Fsp3) is 0.652. The molecule has 31 heavy (non-hydrogen) atoms. The first-order valence-corrected chi connectivity index (χ1v) is 11.3. The van der Waals surface area contributed by atoms with Crippen LogP contribution in [0, 0.1) is 25.7 Å². The highest BCUT2D eigenvalue weighted by molar-refractivity contribution is 6.02. The summed E-state index contributed by atoms with van der Waals surface area (Å²) >= 11 is 0. The number of ether oxygens (including phenoxy) is 1. The Morgan fingerprint density at radius 1 is 1.16 bits per heavy atom. The maximum atomic E-state index is 13.4. The van der Waals surface area contributed by atoms with Gasteiger partial charge < -0.3 is 14.6 Å². The van der Waals surface area contributed by atoms with Crippen LogP contribution >= 0.6 is 0 Å². The molecule has 1 N–H and O–H groups in total. The van der Waals surface area contributed by atoms with Crippen molar-refractivity contribution >= 4 is 11.7 Å². The molecule has 2 aliphatic carbocycles. The summed E-state index contributed by atoms with van der Waals surface area (Å²) in [5.74, 6) is 1.40. The minimum Gasteiger partial charge on any atom is -0.379 e. The number of Topliss-reactive ketones (excluding diaryl/α,β-unsaturated/α-hetero) is 1. The number of likely N-dealkylation sites (tertiary alicyclic amines) is 1. The van der Waals surface area contributed by atoms with Crippen LogP contribution in [-0.4, -0.2) is 62.9 Å². The van der Waals surface area contributed by atoms with Crippen molar-refractivity contribution in [3.05, 3.63) is 34.4 Å². The Labute approximate surface area is 182 Å². The topological polar surface area (TPSA) is 93.1 Å². The Kier molecular flexibility index (Phi) is 5.00. The maximum absolute atomic E-state index is 13.4. The number of aromatic amines is 1. The third-order valence-corrected chi connectivity index (χ3v) is 7.54. The summed E-state index contributed by atoms with van der Waals surface area (Å²) in [7, 11) is 1.77. The zero-order valence-electron chi connectivity index (χ0n) is 18.7. The summed E-state index contributed by atoms with van der Waals surface area (Å²) < 4.78 is 7.87. The average molecular weight is 426 g/mol. The van der Waals surface area contributed by atoms with Crippen molar-refractivity contribution in [1.29, 1.82) is 0 Å². The standard InChI is InChI=1S/C23H31N5O3/c1-12-21(13(2)24-22(12)14(3)29)23(30)27-9-16-7-19(20(31-4)8-17(16)10-27)28-11-18(25-26-28)15-5-6-15/h11,15-17,19-20,24H,5-10H2,1-4H3/t16-,17+,19-,20-/m1/s1. The third kappa shape index (κ3) is 3.50. The average Bonchev–Trinajstić information content (AvgIpc) is 3.19. The predicted molar refractivity (Wildman–Crippen MR) is 114 cm³/mol. The van der Waals surface area contributed by atoms with E-state index in [9.17, 15) is 9.59 Å². The number of carbonyl (C=O) groups excluding carboxylic acids is 2. The van der Waals surface area contributed by atoms with Gasteiger partial charge in [-0.15, -0.1) is 5.10 Å². The molecule has 2 saturated carbocycles. The van der Waals surface area contributed by atoms with Gasteiger partial charge in [-0.3, -0.25) is 9.59 Å². The fourth-order valence-corrected chi connectivity index (χ4v) is 5.69. The van der Waals surface area contributed by atoms with Crippen LogP contribution in [0.15, 0.2) is 6.20 Å². The molecule has 166 valence electrons. The first-order valence-electron chi connectivity index (χ1n) is 11.3. The first-order chi connectivity index (χ1) is 14.9. The minimum absolute atomic E-state index is 0.0236. The highest BCUT2D eigenvalue weighted by Gasteiger charge is 2.45. The molecule has 1 saturated heterocycles. The van der Waals surface area contributed by atoms with Crippen molar-refractivity contribution < 1.29 is 14.3 Å². The van der Waals surface area contributed by atoms with Gasteiger partial charge in [-0.2, -0.15) is 0 Å². The van der Waals surface area contributed by atoms with E-state index in [1.54, 1.807) is 7.11 Å². The molecule has 3 heterocycles. The van der Waals surface area contributed by atoms with Gasteiger partial charge >= 0.3 is 0 Å². The molecule has 5 rings (SSSR count). The van der Waals surface area contributed by atoms with Crippen LogP contribution in [0.1, 0.15) is 82.4 Å². The molecule has 0 aromatic carbocycles. The highest BCUT2D eigenvalue weighted by atomic mass is 16.5. The number of fused-ring (bicyclic) bond motifs is 1. The summed E-state index contributed by atoms with van der Waals surface area (Å²) in [5.41, 5.74) is 3.81. The molecule has 0 spiro atoms. The van der Waals surface area contributed by atoms with Crippen molar-refractivity contribution in [3.63, 3.8) is 0 Å². The summed E-state index contributed by atoms with van der Waals surface area (Å²) in [6.07, 6.45) is 6.44. The van der Waals surface area contributed by atoms with E-state index in [1.807, 2.05) is 23.4 Å². The minimum atomic E-state index is -0.0427. The second-order valence-corrected chi connectivity index (χ2v) is 9.62. The second kappa shape index (κ2) is 7.58. The quantitative estimate of drug-likeness (QED) is 0.743. The fourth-order valence-electron chi connectivity index (χ4n) is 5.69. The Hall–Kier alpha value is -2.48. The molecular weight excluding hydrogens is 394 g/mol. The van der Waals surface area contributed by atoms with E-state index in [2.05, 4.69) is 21.5 Å². The normalized spacial score (nSPS) is 28.1. The first kappa shape index (κ1) is 20.4. The van der Waals surface area contributed by atoms with Crippen molar-refractivity contribution in [2.75, 3.05) is 20.2 Å². The lowest BCUT2D eigenvalue weighted by Gasteiger charge is -2.36. The van der Waals surface area contributed by atoms with E-state index in [1.165, 1.54) is 19.8 Å². The molecule has 2 aromatic heterocycles. The number of hydrogen-bond acceptors (Lipinski definition) is 5. The predicted octanol–water partition coefficient (Wildman–Crippen LogP) is 3.04. The molecule has 8 heteroatoms. The number of H-pyrrole nitrogens is 1. The van der Waals surface area contributed by atoms with E-state index >= 15 is 0 Å². The van der Waals surface area contributed by atoms with E-state index in [4.69, 9.17) is 4.74 Å². The SMILES string of the molecule is CO[C@@H]1C[C@H]2CN(C(=O)c3c(C)[nH]c(C(C)=O)c3C)C[C@H]2C[C@H]1n1cc(C2CC2)nn1. The van der Waals surface area contributed by atoms with Gasteiger partial charge in [-0.05, 0) is 56.9 Å². The van der Waals surface area contributed by atoms with Crippen molar-refractivity contribution in [3.8, 4) is 0 Å². The van der Waals surface area contributed by atoms with Crippen LogP contribution in [0.4, 0.5) is 0 Å². The summed E-state index contributed by atoms with van der Waals surface area (Å²) in [5, 5.41) is 8.82. The largest absolute Gasteiger partial charge is 0.379 e. The number of methoxy groups -OCH3 is 1. The van der Waals surface area contributed by atoms with E-state index < -0.39 is 0 Å². The molecule has 1 aliphatic heterocycles. The van der Waals surface area contributed by atoms with Gasteiger partial charge in [0.15, 0.2) is 5.78 Å². The van der Waals surface area contributed by atoms with Crippen molar-refractivity contribution in [1.82, 2.24) is 24.9 Å². The molecule has 2 aromatic rings. The molecule has 0 unspecified atom stereocenters. The molecule has 3 fully saturated rings. The van der Waals surface area contributed by atoms with Gasteiger partial charge in [-0.25, -0.2) is 4.68 Å². The molecule has 1 amide bonds. The number of rotatable bonds is 5. The Morgan fingerprint density at radius 2 is 1.87 bits per heavy atom. The number of nitrogens with one attached hydrogen (secondary N) is 1. The number of aryl methyl sites for hydroxylation is 1. The summed E-state index contributed by atoms with van der Waals surface area (Å²) in [4.78, 5) is 30.3. The Bertz CT molecular complexity index is 1020. The number of aromatic nitrogens is 4. The summed E-state index contributed by atoms with van der Waals surface area (Å²) in [6, 6.07) is 0.154. The van der Waals surface area contributed by atoms with Gasteiger partial charge in [0.05, 0.1) is 29.1 Å². The lowest BCUT2D eigenvalue weighted by Crippen LogP contribution is -2.37. The zero-order chi connectivity index (χ0) is 21.9. The van der Waals surface area contributed by atoms with E-state index in [0.717, 1.165) is 42.9 Å². The summed E-state index contributed by atoms with van der Waals surface area (Å²) in [6.45, 7) is 6.73. The van der Waals surface area contributed by atoms with Crippen LogP contribution in [0.3, 0.4) is 0 Å². The Balaban J connectivity index is 1.34. The van der Waals surface area contributed by atoms with E-state index in [0.29, 0.717) is 29.0 Å². The Morgan fingerprint density at radius 3 is 2.48 bits per heavy atom. The number of ketones is 1. The number of nitrogens with zero attached hydrogens (tertiary/aromatic N) is 4. The van der Waals surface area contributed by atoms with Gasteiger partial charge in [0, 0.05) is 44.9 Å². The van der Waals surface area contributed by atoms with Crippen LogP contribution in [-0.2, 0) is 4.74 Å². The zero-order valence-corrected chi connectivity index (χ0v) is 18.7. The maximum Gasteiger partial charge on any atom is 0.255 e. The molecule has 3 aliphatic rings. The third-order valence-electron chi connectivity index (χ3n) is 7.54. The van der Waals surface area contributed by atoms with E-state index in [-0.39, 0.29) is 23.8 Å².